The van der Waals surface area contributed by atoms with Crippen LogP contribution in [0.2, 0.25) is 0 Å². The predicted octanol–water partition coefficient (Wildman–Crippen LogP) is 4.14. The SMILES string of the molecule is C=CC(=O)Oc1cc(C=CCOc2cc(OC(=O)C=C)cc(OC(=O)C=C)c2)cc(OC(=O)C=C)c1. The molecule has 0 aromatic heterocycles. The molecular formula is C27H22O9. The molecule has 0 aliphatic rings. The first-order valence-electron chi connectivity index (χ1n) is 10.2. The van der Waals surface area contributed by atoms with Gasteiger partial charge < -0.3 is 23.7 Å². The van der Waals surface area contributed by atoms with Gasteiger partial charge in [0.15, 0.2) is 0 Å². The van der Waals surface area contributed by atoms with Crippen molar-refractivity contribution in [1.82, 2.24) is 0 Å². The van der Waals surface area contributed by atoms with Gasteiger partial charge in [-0.1, -0.05) is 32.4 Å². The van der Waals surface area contributed by atoms with E-state index in [2.05, 4.69) is 26.3 Å². The smallest absolute Gasteiger partial charge is 0.335 e. The van der Waals surface area contributed by atoms with Crippen LogP contribution in [0.5, 0.6) is 28.7 Å². The predicted molar refractivity (Wildman–Crippen MR) is 131 cm³/mol. The number of rotatable bonds is 12. The topological polar surface area (TPSA) is 114 Å². The Balaban J connectivity index is 2.21. The molecule has 0 aliphatic heterocycles. The summed E-state index contributed by atoms with van der Waals surface area (Å²) in [6.07, 6.45) is 7.18. The third-order valence-electron chi connectivity index (χ3n) is 3.95. The second kappa shape index (κ2) is 13.5. The van der Waals surface area contributed by atoms with Crippen LogP contribution in [0, 0.1) is 0 Å². The highest BCUT2D eigenvalue weighted by Gasteiger charge is 2.10. The summed E-state index contributed by atoms with van der Waals surface area (Å²) in [5, 5.41) is 0. The van der Waals surface area contributed by atoms with Crippen molar-refractivity contribution in [2.45, 2.75) is 0 Å². The van der Waals surface area contributed by atoms with Crippen LogP contribution in [0.4, 0.5) is 0 Å². The second-order valence-electron chi connectivity index (χ2n) is 6.59. The zero-order chi connectivity index (χ0) is 26.5. The number of esters is 4. The van der Waals surface area contributed by atoms with E-state index in [1.165, 1.54) is 36.4 Å². The van der Waals surface area contributed by atoms with Crippen molar-refractivity contribution in [2.24, 2.45) is 0 Å². The van der Waals surface area contributed by atoms with Gasteiger partial charge in [0.05, 0.1) is 0 Å². The van der Waals surface area contributed by atoms with Crippen LogP contribution in [0.25, 0.3) is 6.08 Å². The van der Waals surface area contributed by atoms with Crippen LogP contribution in [-0.4, -0.2) is 30.5 Å². The lowest BCUT2D eigenvalue weighted by atomic mass is 10.2. The lowest BCUT2D eigenvalue weighted by Crippen LogP contribution is -2.06. The fraction of sp³-hybridized carbons (Fsp3) is 0.0370. The summed E-state index contributed by atoms with van der Waals surface area (Å²) in [6.45, 7) is 13.4. The Morgan fingerprint density at radius 1 is 0.556 bits per heavy atom. The van der Waals surface area contributed by atoms with E-state index in [1.54, 1.807) is 12.2 Å². The average Bonchev–Trinajstić information content (AvgIpc) is 2.86. The largest absolute Gasteiger partial charge is 0.489 e. The molecule has 9 heteroatoms. The van der Waals surface area contributed by atoms with Crippen molar-refractivity contribution in [3.8, 4) is 28.7 Å². The zero-order valence-electron chi connectivity index (χ0n) is 19.1. The van der Waals surface area contributed by atoms with Crippen molar-refractivity contribution in [3.05, 3.63) is 98.7 Å². The van der Waals surface area contributed by atoms with Crippen molar-refractivity contribution < 1.29 is 42.9 Å². The fourth-order valence-corrected chi connectivity index (χ4v) is 2.51. The Kier molecular flexibility index (Phi) is 10.2. The first-order chi connectivity index (χ1) is 17.3. The third kappa shape index (κ3) is 8.99. The molecule has 184 valence electrons. The normalized spacial score (nSPS) is 10.0. The molecule has 2 rings (SSSR count). The summed E-state index contributed by atoms with van der Waals surface area (Å²) in [5.41, 5.74) is 0.522. The van der Waals surface area contributed by atoms with E-state index < -0.39 is 23.9 Å². The Hall–Kier alpha value is -5.18. The quantitative estimate of drug-likeness (QED) is 0.246. The maximum absolute atomic E-state index is 11.6. The average molecular weight is 490 g/mol. The second-order valence-corrected chi connectivity index (χ2v) is 6.59. The molecule has 0 bridgehead atoms. The molecule has 2 aromatic rings. The van der Waals surface area contributed by atoms with Gasteiger partial charge in [-0.3, -0.25) is 0 Å². The molecule has 0 N–H and O–H groups in total. The monoisotopic (exact) mass is 490 g/mol. The molecule has 0 fully saturated rings. The number of hydrogen-bond donors (Lipinski definition) is 0. The van der Waals surface area contributed by atoms with Crippen LogP contribution in [0.1, 0.15) is 5.56 Å². The van der Waals surface area contributed by atoms with E-state index in [-0.39, 0.29) is 35.4 Å². The molecule has 0 saturated carbocycles. The van der Waals surface area contributed by atoms with Crippen LogP contribution in [-0.2, 0) is 19.2 Å². The van der Waals surface area contributed by atoms with E-state index in [9.17, 15) is 19.2 Å². The molecule has 0 aliphatic carbocycles. The van der Waals surface area contributed by atoms with Crippen molar-refractivity contribution >= 4 is 30.0 Å². The van der Waals surface area contributed by atoms with E-state index in [0.29, 0.717) is 5.56 Å². The van der Waals surface area contributed by atoms with Gasteiger partial charge in [0, 0.05) is 48.6 Å². The molecule has 0 saturated heterocycles. The Bertz CT molecular complexity index is 1160. The molecule has 0 amide bonds. The minimum absolute atomic E-state index is 0.0339. The fourth-order valence-electron chi connectivity index (χ4n) is 2.51. The minimum atomic E-state index is -0.710. The highest BCUT2D eigenvalue weighted by atomic mass is 16.6. The van der Waals surface area contributed by atoms with Crippen LogP contribution in [0.3, 0.4) is 0 Å². The summed E-state index contributed by atoms with van der Waals surface area (Å²) >= 11 is 0. The number of hydrogen-bond acceptors (Lipinski definition) is 9. The third-order valence-corrected chi connectivity index (χ3v) is 3.95. The van der Waals surface area contributed by atoms with E-state index in [1.807, 2.05) is 0 Å². The standard InChI is InChI=1S/C27H22O9/c1-5-24(28)33-20-12-18(13-21(16-20)34-25(29)6-2)10-9-11-32-19-14-22(35-26(30)7-3)17-23(15-19)36-27(31)8-4/h5-10,12-17H,1-4,11H2. The number of ether oxygens (including phenoxy) is 5. The lowest BCUT2D eigenvalue weighted by molar-refractivity contribution is -0.130. The maximum Gasteiger partial charge on any atom is 0.335 e. The lowest BCUT2D eigenvalue weighted by Gasteiger charge is -2.10. The molecule has 0 spiro atoms. The summed E-state index contributed by atoms with van der Waals surface area (Å²) in [7, 11) is 0. The van der Waals surface area contributed by atoms with E-state index in [0.717, 1.165) is 24.3 Å². The van der Waals surface area contributed by atoms with E-state index >= 15 is 0 Å². The summed E-state index contributed by atoms with van der Waals surface area (Å²) in [5.74, 6) is -2.18. The maximum atomic E-state index is 11.6. The summed E-state index contributed by atoms with van der Waals surface area (Å²) in [4.78, 5) is 46.2. The molecule has 0 radical (unpaired) electrons. The highest BCUT2D eigenvalue weighted by Crippen LogP contribution is 2.29. The van der Waals surface area contributed by atoms with Crippen molar-refractivity contribution in [3.63, 3.8) is 0 Å². The minimum Gasteiger partial charge on any atom is -0.489 e. The summed E-state index contributed by atoms with van der Waals surface area (Å²) < 4.78 is 26.0. The molecule has 0 heterocycles. The molecule has 36 heavy (non-hydrogen) atoms. The zero-order valence-corrected chi connectivity index (χ0v) is 19.1. The Morgan fingerprint density at radius 2 is 0.889 bits per heavy atom. The number of carbonyl (C=O) groups excluding carboxylic acids is 4. The number of carbonyl (C=O) groups is 4. The number of benzene rings is 2. The molecule has 9 nitrogen and oxygen atoms in total. The van der Waals surface area contributed by atoms with Gasteiger partial charge in [-0.05, 0) is 23.8 Å². The van der Waals surface area contributed by atoms with Gasteiger partial charge in [-0.25, -0.2) is 19.2 Å². The van der Waals surface area contributed by atoms with Crippen molar-refractivity contribution in [2.75, 3.05) is 6.61 Å². The molecule has 0 unspecified atom stereocenters. The molecule has 0 atom stereocenters. The van der Waals surface area contributed by atoms with Gasteiger partial charge in [0.25, 0.3) is 0 Å². The first kappa shape index (κ1) is 27.1. The molecule has 2 aromatic carbocycles. The molecular weight excluding hydrogens is 468 g/mol. The van der Waals surface area contributed by atoms with Gasteiger partial charge in [-0.2, -0.15) is 0 Å². The van der Waals surface area contributed by atoms with Crippen molar-refractivity contribution in [1.29, 1.82) is 0 Å². The first-order valence-corrected chi connectivity index (χ1v) is 10.2. The van der Waals surface area contributed by atoms with Crippen LogP contribution >= 0.6 is 0 Å². The van der Waals surface area contributed by atoms with Gasteiger partial charge in [-0.15, -0.1) is 0 Å². The van der Waals surface area contributed by atoms with Gasteiger partial charge in [0.2, 0.25) is 0 Å². The van der Waals surface area contributed by atoms with Gasteiger partial charge >= 0.3 is 23.9 Å². The van der Waals surface area contributed by atoms with Crippen LogP contribution in [0.15, 0.2) is 93.1 Å². The Labute approximate surface area is 207 Å². The Morgan fingerprint density at radius 3 is 1.25 bits per heavy atom. The highest BCUT2D eigenvalue weighted by molar-refractivity contribution is 5.85. The van der Waals surface area contributed by atoms with Crippen LogP contribution < -0.4 is 23.7 Å². The van der Waals surface area contributed by atoms with Gasteiger partial charge in [0.1, 0.15) is 35.4 Å². The summed E-state index contributed by atoms with van der Waals surface area (Å²) in [6, 6.07) is 8.59. The van der Waals surface area contributed by atoms with E-state index in [4.69, 9.17) is 23.7 Å².